The number of fused-ring (bicyclic) bond motifs is 1. The second kappa shape index (κ2) is 4.24. The van der Waals surface area contributed by atoms with Gasteiger partial charge in [0.1, 0.15) is 11.9 Å². The number of aromatic nitrogens is 1. The lowest BCUT2D eigenvalue weighted by Crippen LogP contribution is -2.30. The van der Waals surface area contributed by atoms with Crippen LogP contribution in [0.15, 0.2) is 36.7 Å². The zero-order chi connectivity index (χ0) is 14.3. The SMILES string of the molecule is N#Cc1cc(F)ccc1N1C(=O)c2ccncc2C1=O. The predicted molar refractivity (Wildman–Crippen MR) is 66.5 cm³/mol. The number of hydrogen-bond donors (Lipinski definition) is 0. The van der Waals surface area contributed by atoms with Gasteiger partial charge in [-0.25, -0.2) is 9.29 Å². The van der Waals surface area contributed by atoms with Crippen molar-refractivity contribution in [2.24, 2.45) is 0 Å². The Morgan fingerprint density at radius 3 is 2.60 bits per heavy atom. The minimum atomic E-state index is -0.608. The van der Waals surface area contributed by atoms with Crippen LogP contribution in [0.2, 0.25) is 0 Å². The predicted octanol–water partition coefficient (Wildman–Crippen LogP) is 1.89. The standard InChI is InChI=1S/C14H6FN3O2/c15-9-1-2-12(8(5-9)6-16)18-13(19)10-3-4-17-7-11(10)14(18)20/h1-5,7H. The number of carbonyl (C=O) groups is 2. The second-order valence-electron chi connectivity index (χ2n) is 4.14. The Balaban J connectivity index is 2.17. The first-order chi connectivity index (χ1) is 9.63. The summed E-state index contributed by atoms with van der Waals surface area (Å²) in [6.07, 6.45) is 2.70. The van der Waals surface area contributed by atoms with Gasteiger partial charge < -0.3 is 0 Å². The van der Waals surface area contributed by atoms with Crippen molar-refractivity contribution in [2.75, 3.05) is 4.90 Å². The molecule has 2 aromatic rings. The van der Waals surface area contributed by atoms with Crippen LogP contribution in [0.4, 0.5) is 10.1 Å². The van der Waals surface area contributed by atoms with Crippen LogP contribution in [0.1, 0.15) is 26.3 Å². The van der Waals surface area contributed by atoms with Gasteiger partial charge in [0, 0.05) is 12.4 Å². The van der Waals surface area contributed by atoms with E-state index in [0.717, 1.165) is 17.0 Å². The first-order valence-corrected chi connectivity index (χ1v) is 5.66. The van der Waals surface area contributed by atoms with E-state index in [-0.39, 0.29) is 22.4 Å². The minimum absolute atomic E-state index is 0.0695. The van der Waals surface area contributed by atoms with Crippen LogP contribution >= 0.6 is 0 Å². The maximum atomic E-state index is 13.1. The van der Waals surface area contributed by atoms with Gasteiger partial charge in [0.05, 0.1) is 22.4 Å². The van der Waals surface area contributed by atoms with E-state index in [2.05, 4.69) is 4.98 Å². The number of nitriles is 1. The normalized spacial score (nSPS) is 13.3. The van der Waals surface area contributed by atoms with Gasteiger partial charge in [-0.15, -0.1) is 0 Å². The smallest absolute Gasteiger partial charge is 0.267 e. The zero-order valence-electron chi connectivity index (χ0n) is 10.0. The Labute approximate surface area is 112 Å². The summed E-state index contributed by atoms with van der Waals surface area (Å²) in [5.41, 5.74) is 0.386. The van der Waals surface area contributed by atoms with Crippen LogP contribution in [0.5, 0.6) is 0 Å². The lowest BCUT2D eigenvalue weighted by Gasteiger charge is -2.15. The van der Waals surface area contributed by atoms with E-state index in [9.17, 15) is 14.0 Å². The van der Waals surface area contributed by atoms with Gasteiger partial charge in [0.15, 0.2) is 0 Å². The van der Waals surface area contributed by atoms with E-state index in [0.29, 0.717) is 0 Å². The average Bonchev–Trinajstić information content (AvgIpc) is 2.72. The molecular formula is C14H6FN3O2. The molecule has 0 fully saturated rings. The number of carbonyl (C=O) groups excluding carboxylic acids is 2. The van der Waals surface area contributed by atoms with E-state index in [4.69, 9.17) is 5.26 Å². The Kier molecular flexibility index (Phi) is 2.54. The Morgan fingerprint density at radius 1 is 1.15 bits per heavy atom. The third kappa shape index (κ3) is 1.57. The van der Waals surface area contributed by atoms with Crippen molar-refractivity contribution in [2.45, 2.75) is 0 Å². The molecule has 0 spiro atoms. The summed E-state index contributed by atoms with van der Waals surface area (Å²) in [4.78, 5) is 29.1. The van der Waals surface area contributed by atoms with Gasteiger partial charge in [0.2, 0.25) is 0 Å². The number of nitrogens with zero attached hydrogens (tertiary/aromatic N) is 3. The van der Waals surface area contributed by atoms with Crippen LogP contribution in [-0.4, -0.2) is 16.8 Å². The lowest BCUT2D eigenvalue weighted by molar-refractivity contribution is 0.0926. The highest BCUT2D eigenvalue weighted by atomic mass is 19.1. The largest absolute Gasteiger partial charge is 0.268 e. The number of pyridine rings is 1. The molecule has 1 aromatic heterocycles. The molecule has 96 valence electrons. The van der Waals surface area contributed by atoms with Gasteiger partial charge in [0.25, 0.3) is 11.8 Å². The van der Waals surface area contributed by atoms with Gasteiger partial charge in [-0.3, -0.25) is 14.6 Å². The van der Waals surface area contributed by atoms with Crippen LogP contribution in [0.3, 0.4) is 0 Å². The first kappa shape index (κ1) is 12.0. The van der Waals surface area contributed by atoms with Crippen molar-refractivity contribution in [3.05, 3.63) is 59.2 Å². The molecule has 0 atom stereocenters. The van der Waals surface area contributed by atoms with Crippen molar-refractivity contribution in [3.8, 4) is 6.07 Å². The van der Waals surface area contributed by atoms with Crippen molar-refractivity contribution in [3.63, 3.8) is 0 Å². The van der Waals surface area contributed by atoms with Crippen molar-refractivity contribution >= 4 is 17.5 Å². The molecule has 0 radical (unpaired) electrons. The summed E-state index contributed by atoms with van der Waals surface area (Å²) >= 11 is 0. The molecule has 0 aliphatic carbocycles. The van der Waals surface area contributed by atoms with E-state index in [1.54, 1.807) is 6.07 Å². The summed E-state index contributed by atoms with van der Waals surface area (Å²) in [7, 11) is 0. The van der Waals surface area contributed by atoms with Crippen LogP contribution < -0.4 is 4.90 Å². The number of amides is 2. The van der Waals surface area contributed by atoms with Gasteiger partial charge >= 0.3 is 0 Å². The fourth-order valence-electron chi connectivity index (χ4n) is 2.10. The van der Waals surface area contributed by atoms with E-state index >= 15 is 0 Å². The molecule has 20 heavy (non-hydrogen) atoms. The molecule has 5 nitrogen and oxygen atoms in total. The van der Waals surface area contributed by atoms with Crippen LogP contribution in [0, 0.1) is 17.1 Å². The molecule has 2 heterocycles. The van der Waals surface area contributed by atoms with Crippen molar-refractivity contribution < 1.29 is 14.0 Å². The highest BCUT2D eigenvalue weighted by Crippen LogP contribution is 2.30. The Morgan fingerprint density at radius 2 is 1.90 bits per heavy atom. The summed E-state index contributed by atoms with van der Waals surface area (Å²) in [6, 6.07) is 6.53. The number of hydrogen-bond acceptors (Lipinski definition) is 4. The minimum Gasteiger partial charge on any atom is -0.268 e. The highest BCUT2D eigenvalue weighted by molar-refractivity contribution is 6.34. The molecule has 1 aliphatic heterocycles. The fourth-order valence-corrected chi connectivity index (χ4v) is 2.10. The molecule has 0 unspecified atom stereocenters. The number of benzene rings is 1. The molecule has 2 amide bonds. The van der Waals surface area contributed by atoms with Crippen LogP contribution in [0.25, 0.3) is 0 Å². The molecule has 3 rings (SSSR count). The Hall–Kier alpha value is -3.07. The summed E-state index contributed by atoms with van der Waals surface area (Å²) in [5.74, 6) is -1.72. The average molecular weight is 267 g/mol. The maximum absolute atomic E-state index is 13.1. The van der Waals surface area contributed by atoms with Gasteiger partial charge in [-0.1, -0.05) is 0 Å². The molecule has 6 heteroatoms. The van der Waals surface area contributed by atoms with E-state index < -0.39 is 17.6 Å². The second-order valence-corrected chi connectivity index (χ2v) is 4.14. The summed E-state index contributed by atoms with van der Waals surface area (Å²) < 4.78 is 13.1. The quantitative estimate of drug-likeness (QED) is 0.739. The lowest BCUT2D eigenvalue weighted by atomic mass is 10.1. The molecule has 0 bridgehead atoms. The maximum Gasteiger partial charge on any atom is 0.267 e. The Bertz CT molecular complexity index is 760. The molecule has 0 saturated heterocycles. The third-order valence-corrected chi connectivity index (χ3v) is 3.01. The first-order valence-electron chi connectivity index (χ1n) is 5.66. The van der Waals surface area contributed by atoms with Crippen molar-refractivity contribution in [1.82, 2.24) is 4.98 Å². The third-order valence-electron chi connectivity index (χ3n) is 3.01. The number of anilines is 1. The number of halogens is 1. The van der Waals surface area contributed by atoms with Crippen molar-refractivity contribution in [1.29, 1.82) is 5.26 Å². The zero-order valence-corrected chi connectivity index (χ0v) is 10.0. The summed E-state index contributed by atoms with van der Waals surface area (Å²) in [6.45, 7) is 0. The molecule has 0 saturated carbocycles. The molecule has 1 aliphatic rings. The van der Waals surface area contributed by atoms with E-state index in [1.165, 1.54) is 24.5 Å². The van der Waals surface area contributed by atoms with Crippen LogP contribution in [-0.2, 0) is 0 Å². The molecule has 0 N–H and O–H groups in total. The van der Waals surface area contributed by atoms with E-state index in [1.807, 2.05) is 0 Å². The summed E-state index contributed by atoms with van der Waals surface area (Å²) in [5, 5.41) is 9.01. The molecular weight excluding hydrogens is 261 g/mol. The monoisotopic (exact) mass is 267 g/mol. The number of rotatable bonds is 1. The number of imide groups is 1. The fraction of sp³-hybridized carbons (Fsp3) is 0. The highest BCUT2D eigenvalue weighted by Gasteiger charge is 2.37. The van der Waals surface area contributed by atoms with Gasteiger partial charge in [-0.05, 0) is 24.3 Å². The topological polar surface area (TPSA) is 74.1 Å². The van der Waals surface area contributed by atoms with Gasteiger partial charge in [-0.2, -0.15) is 5.26 Å². The molecule has 1 aromatic carbocycles.